The summed E-state index contributed by atoms with van der Waals surface area (Å²) >= 11 is 0. The van der Waals surface area contributed by atoms with Crippen LogP contribution in [0.1, 0.15) is 17.4 Å². The van der Waals surface area contributed by atoms with Gasteiger partial charge in [-0.05, 0) is 31.2 Å². The Morgan fingerprint density at radius 3 is 2.91 bits per heavy atom. The number of amides is 2. The van der Waals surface area contributed by atoms with Crippen LogP contribution in [0, 0.1) is 5.82 Å². The summed E-state index contributed by atoms with van der Waals surface area (Å²) in [5, 5.41) is 3.19. The molecule has 23 heavy (non-hydrogen) atoms. The quantitative estimate of drug-likeness (QED) is 0.876. The third kappa shape index (κ3) is 2.79. The molecule has 1 fully saturated rings. The number of halogens is 1. The number of likely N-dealkylation sites (N-methyl/N-ethyl adjacent to an activating group) is 1. The van der Waals surface area contributed by atoms with Gasteiger partial charge < -0.3 is 19.9 Å². The molecule has 0 spiro atoms. The zero-order chi connectivity index (χ0) is 16.6. The molecular formula is C16H18FN3O3. The lowest BCUT2D eigenvalue weighted by molar-refractivity contribution is -0.153. The number of benzene rings is 1. The van der Waals surface area contributed by atoms with E-state index in [-0.39, 0.29) is 30.8 Å². The Kier molecular flexibility index (Phi) is 3.81. The topological polar surface area (TPSA) is 74.4 Å². The first kappa shape index (κ1) is 15.5. The SMILES string of the molecule is CNC(=O)C1(C)CN(C(=O)c2cc3cc(F)ccc3[nH]2)CCO1. The minimum atomic E-state index is -1.07. The Labute approximate surface area is 132 Å². The number of nitrogens with one attached hydrogen (secondary N) is 2. The molecule has 0 radical (unpaired) electrons. The largest absolute Gasteiger partial charge is 0.362 e. The van der Waals surface area contributed by atoms with Crippen LogP contribution in [0.2, 0.25) is 0 Å². The highest BCUT2D eigenvalue weighted by atomic mass is 19.1. The van der Waals surface area contributed by atoms with Crippen molar-refractivity contribution in [2.75, 3.05) is 26.7 Å². The highest BCUT2D eigenvalue weighted by Crippen LogP contribution is 2.22. The van der Waals surface area contributed by atoms with Gasteiger partial charge in [0.1, 0.15) is 11.5 Å². The molecule has 1 aromatic carbocycles. The van der Waals surface area contributed by atoms with E-state index in [0.717, 1.165) is 0 Å². The number of H-pyrrole nitrogens is 1. The maximum atomic E-state index is 13.3. The first-order valence-electron chi connectivity index (χ1n) is 7.37. The molecule has 2 amide bonds. The van der Waals surface area contributed by atoms with E-state index in [2.05, 4.69) is 10.3 Å². The smallest absolute Gasteiger partial charge is 0.270 e. The van der Waals surface area contributed by atoms with Crippen LogP contribution in [0.25, 0.3) is 10.9 Å². The number of aromatic amines is 1. The third-order valence-corrected chi connectivity index (χ3v) is 4.08. The number of ether oxygens (including phenoxy) is 1. The summed E-state index contributed by atoms with van der Waals surface area (Å²) in [6.45, 7) is 2.50. The maximum absolute atomic E-state index is 13.3. The molecule has 0 bridgehead atoms. The zero-order valence-corrected chi connectivity index (χ0v) is 13.0. The summed E-state index contributed by atoms with van der Waals surface area (Å²) in [5.41, 5.74) is -0.00957. The van der Waals surface area contributed by atoms with Gasteiger partial charge in [-0.25, -0.2) is 4.39 Å². The van der Waals surface area contributed by atoms with Crippen LogP contribution in [0.3, 0.4) is 0 Å². The fourth-order valence-electron chi connectivity index (χ4n) is 2.83. The molecule has 122 valence electrons. The molecule has 6 nitrogen and oxygen atoms in total. The van der Waals surface area contributed by atoms with Gasteiger partial charge in [-0.15, -0.1) is 0 Å². The number of carbonyl (C=O) groups is 2. The van der Waals surface area contributed by atoms with Crippen molar-refractivity contribution in [3.63, 3.8) is 0 Å². The lowest BCUT2D eigenvalue weighted by Gasteiger charge is -2.38. The van der Waals surface area contributed by atoms with E-state index in [9.17, 15) is 14.0 Å². The number of nitrogens with zero attached hydrogens (tertiary/aromatic N) is 1. The van der Waals surface area contributed by atoms with Gasteiger partial charge in [-0.2, -0.15) is 0 Å². The average molecular weight is 319 g/mol. The summed E-state index contributed by atoms with van der Waals surface area (Å²) < 4.78 is 18.8. The van der Waals surface area contributed by atoms with Crippen molar-refractivity contribution < 1.29 is 18.7 Å². The molecule has 2 heterocycles. The highest BCUT2D eigenvalue weighted by Gasteiger charge is 2.40. The summed E-state index contributed by atoms with van der Waals surface area (Å²) in [5.74, 6) is -0.859. The van der Waals surface area contributed by atoms with E-state index in [1.807, 2.05) is 0 Å². The van der Waals surface area contributed by atoms with E-state index in [1.165, 1.54) is 19.2 Å². The number of morpholine rings is 1. The van der Waals surface area contributed by atoms with Gasteiger partial charge in [0, 0.05) is 24.5 Å². The van der Waals surface area contributed by atoms with Gasteiger partial charge in [0.2, 0.25) is 0 Å². The van der Waals surface area contributed by atoms with Gasteiger partial charge in [0.25, 0.3) is 11.8 Å². The average Bonchev–Trinajstić information content (AvgIpc) is 2.96. The first-order chi connectivity index (χ1) is 10.9. The third-order valence-electron chi connectivity index (χ3n) is 4.08. The van der Waals surface area contributed by atoms with Gasteiger partial charge >= 0.3 is 0 Å². The molecule has 1 aliphatic heterocycles. The molecule has 2 aromatic rings. The predicted octanol–water partition coefficient (Wildman–Crippen LogP) is 1.28. The Morgan fingerprint density at radius 1 is 1.39 bits per heavy atom. The number of fused-ring (bicyclic) bond motifs is 1. The zero-order valence-electron chi connectivity index (χ0n) is 13.0. The minimum absolute atomic E-state index is 0.162. The van der Waals surface area contributed by atoms with Crippen molar-refractivity contribution in [2.24, 2.45) is 0 Å². The molecule has 1 saturated heterocycles. The van der Waals surface area contributed by atoms with Crippen LogP contribution in [-0.2, 0) is 9.53 Å². The molecule has 3 rings (SSSR count). The second-order valence-electron chi connectivity index (χ2n) is 5.80. The van der Waals surface area contributed by atoms with E-state index in [4.69, 9.17) is 4.74 Å². The van der Waals surface area contributed by atoms with Crippen molar-refractivity contribution in [1.29, 1.82) is 0 Å². The number of aromatic nitrogens is 1. The molecule has 0 aliphatic carbocycles. The van der Waals surface area contributed by atoms with E-state index < -0.39 is 5.60 Å². The highest BCUT2D eigenvalue weighted by molar-refractivity contribution is 5.98. The maximum Gasteiger partial charge on any atom is 0.270 e. The standard InChI is InChI=1S/C16H18FN3O3/c1-16(15(22)18-2)9-20(5-6-23-16)14(21)13-8-10-7-11(17)3-4-12(10)19-13/h3-4,7-8,19H,5-6,9H2,1-2H3,(H,18,22). The molecule has 2 N–H and O–H groups in total. The van der Waals surface area contributed by atoms with Crippen molar-refractivity contribution in [1.82, 2.24) is 15.2 Å². The van der Waals surface area contributed by atoms with Crippen molar-refractivity contribution >= 4 is 22.7 Å². The minimum Gasteiger partial charge on any atom is -0.362 e. The Morgan fingerprint density at radius 2 is 2.17 bits per heavy atom. The number of hydrogen-bond donors (Lipinski definition) is 2. The number of hydrogen-bond acceptors (Lipinski definition) is 3. The second kappa shape index (κ2) is 5.66. The normalized spacial score (nSPS) is 21.4. The summed E-state index contributed by atoms with van der Waals surface area (Å²) in [6.07, 6.45) is 0. The molecule has 0 saturated carbocycles. The van der Waals surface area contributed by atoms with Crippen molar-refractivity contribution in [3.05, 3.63) is 35.8 Å². The van der Waals surface area contributed by atoms with Crippen LogP contribution >= 0.6 is 0 Å². The summed E-state index contributed by atoms with van der Waals surface area (Å²) in [6, 6.07) is 5.92. The predicted molar refractivity (Wildman–Crippen MR) is 82.6 cm³/mol. The fourth-order valence-corrected chi connectivity index (χ4v) is 2.83. The molecule has 1 aliphatic rings. The summed E-state index contributed by atoms with van der Waals surface area (Å²) in [4.78, 5) is 29.2. The van der Waals surface area contributed by atoms with Crippen molar-refractivity contribution in [3.8, 4) is 0 Å². The monoisotopic (exact) mass is 319 g/mol. The Hall–Kier alpha value is -2.41. The van der Waals surface area contributed by atoms with Crippen LogP contribution in [0.15, 0.2) is 24.3 Å². The molecule has 1 aromatic heterocycles. The van der Waals surface area contributed by atoms with Gasteiger partial charge in [0.05, 0.1) is 13.2 Å². The van der Waals surface area contributed by atoms with Gasteiger partial charge in [-0.1, -0.05) is 0 Å². The second-order valence-corrected chi connectivity index (χ2v) is 5.80. The van der Waals surface area contributed by atoms with Crippen LogP contribution in [-0.4, -0.2) is 54.0 Å². The molecule has 1 atom stereocenters. The van der Waals surface area contributed by atoms with E-state index >= 15 is 0 Å². The Balaban J connectivity index is 1.85. The molecule has 1 unspecified atom stereocenters. The van der Waals surface area contributed by atoms with E-state index in [1.54, 1.807) is 24.0 Å². The molecular weight excluding hydrogens is 301 g/mol. The first-order valence-corrected chi connectivity index (χ1v) is 7.37. The van der Waals surface area contributed by atoms with Gasteiger partial charge in [0.15, 0.2) is 5.60 Å². The molecule has 7 heteroatoms. The number of carbonyl (C=O) groups excluding carboxylic acids is 2. The van der Waals surface area contributed by atoms with Crippen LogP contribution < -0.4 is 5.32 Å². The van der Waals surface area contributed by atoms with Crippen molar-refractivity contribution in [2.45, 2.75) is 12.5 Å². The van der Waals surface area contributed by atoms with Crippen LogP contribution in [0.5, 0.6) is 0 Å². The van der Waals surface area contributed by atoms with E-state index in [0.29, 0.717) is 23.1 Å². The Bertz CT molecular complexity index is 773. The number of rotatable bonds is 2. The lowest BCUT2D eigenvalue weighted by Crippen LogP contribution is -2.58. The van der Waals surface area contributed by atoms with Crippen LogP contribution in [0.4, 0.5) is 4.39 Å². The van der Waals surface area contributed by atoms with Gasteiger partial charge in [-0.3, -0.25) is 9.59 Å². The lowest BCUT2D eigenvalue weighted by atomic mass is 10.0. The fraction of sp³-hybridized carbons (Fsp3) is 0.375. The summed E-state index contributed by atoms with van der Waals surface area (Å²) in [7, 11) is 1.53.